The molecule has 0 aliphatic heterocycles. The second-order valence-corrected chi connectivity index (χ2v) is 5.47. The van der Waals surface area contributed by atoms with Crippen molar-refractivity contribution in [2.24, 2.45) is 0 Å². The minimum atomic E-state index is -0.186. The van der Waals surface area contributed by atoms with Gasteiger partial charge in [-0.3, -0.25) is 0 Å². The molecule has 1 aromatic carbocycles. The van der Waals surface area contributed by atoms with E-state index >= 15 is 0 Å². The molecule has 0 bridgehead atoms. The Labute approximate surface area is 128 Å². The molecule has 3 nitrogen and oxygen atoms in total. The van der Waals surface area contributed by atoms with Crippen molar-refractivity contribution in [2.75, 3.05) is 31.7 Å². The lowest BCUT2D eigenvalue weighted by Crippen LogP contribution is -2.37. The van der Waals surface area contributed by atoms with Crippen molar-refractivity contribution in [1.82, 2.24) is 5.32 Å². The van der Waals surface area contributed by atoms with E-state index in [9.17, 15) is 4.39 Å². The third-order valence-electron chi connectivity index (χ3n) is 3.75. The van der Waals surface area contributed by atoms with E-state index in [0.717, 1.165) is 30.8 Å². The molecule has 0 aliphatic carbocycles. The molecule has 0 radical (unpaired) electrons. The standard InChI is InChI=1S/C17H29FN2O/c1-6-10-19-14(4)16-11-15(18)8-9-17(16)20(7-2)13(3)12-21-5/h8-9,11,13-14,19H,6-7,10,12H2,1-5H3. The summed E-state index contributed by atoms with van der Waals surface area (Å²) in [5.74, 6) is -0.186. The maximum absolute atomic E-state index is 13.7. The van der Waals surface area contributed by atoms with E-state index in [4.69, 9.17) is 4.74 Å². The first kappa shape index (κ1) is 17.9. The smallest absolute Gasteiger partial charge is 0.123 e. The second kappa shape index (κ2) is 9.00. The topological polar surface area (TPSA) is 24.5 Å². The van der Waals surface area contributed by atoms with Gasteiger partial charge in [0.05, 0.1) is 6.61 Å². The molecule has 1 rings (SSSR count). The van der Waals surface area contributed by atoms with E-state index in [0.29, 0.717) is 6.61 Å². The van der Waals surface area contributed by atoms with E-state index in [1.165, 1.54) is 6.07 Å². The van der Waals surface area contributed by atoms with Crippen molar-refractivity contribution in [3.8, 4) is 0 Å². The number of methoxy groups -OCH3 is 1. The van der Waals surface area contributed by atoms with Crippen molar-refractivity contribution in [3.63, 3.8) is 0 Å². The van der Waals surface area contributed by atoms with Gasteiger partial charge in [-0.15, -0.1) is 0 Å². The first-order valence-corrected chi connectivity index (χ1v) is 7.83. The Kier molecular flexibility index (Phi) is 7.68. The summed E-state index contributed by atoms with van der Waals surface area (Å²) in [6.07, 6.45) is 1.06. The number of likely N-dealkylation sites (N-methyl/N-ethyl adjacent to an activating group) is 1. The Morgan fingerprint density at radius 3 is 2.57 bits per heavy atom. The number of rotatable bonds is 9. The first-order valence-electron chi connectivity index (χ1n) is 7.83. The fourth-order valence-corrected chi connectivity index (χ4v) is 2.66. The van der Waals surface area contributed by atoms with Crippen LogP contribution in [0.2, 0.25) is 0 Å². The number of hydrogen-bond donors (Lipinski definition) is 1. The summed E-state index contributed by atoms with van der Waals surface area (Å²) in [4.78, 5) is 2.27. The molecule has 0 aliphatic rings. The van der Waals surface area contributed by atoms with Crippen LogP contribution in [0.1, 0.15) is 45.7 Å². The fraction of sp³-hybridized carbons (Fsp3) is 0.647. The Hall–Kier alpha value is -1.13. The number of nitrogens with zero attached hydrogens (tertiary/aromatic N) is 1. The molecular weight excluding hydrogens is 267 g/mol. The van der Waals surface area contributed by atoms with Gasteiger partial charge in [0.25, 0.3) is 0 Å². The van der Waals surface area contributed by atoms with E-state index in [2.05, 4.69) is 37.9 Å². The van der Waals surface area contributed by atoms with Gasteiger partial charge in [0.15, 0.2) is 0 Å². The minimum Gasteiger partial charge on any atom is -0.383 e. The third kappa shape index (κ3) is 4.97. The summed E-state index contributed by atoms with van der Waals surface area (Å²) in [6, 6.07) is 5.44. The number of anilines is 1. The fourth-order valence-electron chi connectivity index (χ4n) is 2.66. The zero-order chi connectivity index (χ0) is 15.8. The van der Waals surface area contributed by atoms with Gasteiger partial charge in [-0.25, -0.2) is 4.39 Å². The Bertz CT molecular complexity index is 425. The summed E-state index contributed by atoms with van der Waals surface area (Å²) in [5.41, 5.74) is 2.09. The zero-order valence-corrected chi connectivity index (χ0v) is 13.9. The third-order valence-corrected chi connectivity index (χ3v) is 3.75. The normalized spacial score (nSPS) is 14.0. The quantitative estimate of drug-likeness (QED) is 0.751. The minimum absolute atomic E-state index is 0.124. The van der Waals surface area contributed by atoms with Crippen LogP contribution in [-0.4, -0.2) is 32.8 Å². The molecule has 0 spiro atoms. The highest BCUT2D eigenvalue weighted by molar-refractivity contribution is 5.56. The predicted octanol–water partition coefficient (Wildman–Crippen LogP) is 3.75. The average molecular weight is 296 g/mol. The monoisotopic (exact) mass is 296 g/mol. The molecule has 2 unspecified atom stereocenters. The van der Waals surface area contributed by atoms with Crippen LogP contribution in [0.3, 0.4) is 0 Å². The van der Waals surface area contributed by atoms with Crippen LogP contribution in [0.15, 0.2) is 18.2 Å². The molecule has 0 heterocycles. The molecule has 0 fully saturated rings. The van der Waals surface area contributed by atoms with Crippen LogP contribution < -0.4 is 10.2 Å². The molecule has 2 atom stereocenters. The van der Waals surface area contributed by atoms with Gasteiger partial charge in [0, 0.05) is 31.4 Å². The Morgan fingerprint density at radius 1 is 1.29 bits per heavy atom. The molecule has 0 amide bonds. The number of nitrogens with one attached hydrogen (secondary N) is 1. The first-order chi connectivity index (χ1) is 10.0. The Balaban J connectivity index is 3.08. The highest BCUT2D eigenvalue weighted by atomic mass is 19.1. The van der Waals surface area contributed by atoms with Gasteiger partial charge >= 0.3 is 0 Å². The van der Waals surface area contributed by atoms with Crippen molar-refractivity contribution >= 4 is 5.69 Å². The average Bonchev–Trinajstić information content (AvgIpc) is 2.47. The molecule has 4 heteroatoms. The van der Waals surface area contributed by atoms with Crippen molar-refractivity contribution in [1.29, 1.82) is 0 Å². The number of benzene rings is 1. The zero-order valence-electron chi connectivity index (χ0n) is 13.9. The lowest BCUT2D eigenvalue weighted by atomic mass is 10.0. The van der Waals surface area contributed by atoms with Crippen molar-refractivity contribution < 1.29 is 9.13 Å². The molecular formula is C17H29FN2O. The molecule has 0 saturated heterocycles. The number of hydrogen-bond acceptors (Lipinski definition) is 3. The predicted molar refractivity (Wildman–Crippen MR) is 87.5 cm³/mol. The maximum Gasteiger partial charge on any atom is 0.123 e. The van der Waals surface area contributed by atoms with Gasteiger partial charge in [0.2, 0.25) is 0 Å². The summed E-state index contributed by atoms with van der Waals surface area (Å²) < 4.78 is 18.9. The number of ether oxygens (including phenoxy) is 1. The van der Waals surface area contributed by atoms with E-state index < -0.39 is 0 Å². The summed E-state index contributed by atoms with van der Waals surface area (Å²) in [7, 11) is 1.71. The van der Waals surface area contributed by atoms with E-state index in [-0.39, 0.29) is 17.9 Å². The molecule has 120 valence electrons. The van der Waals surface area contributed by atoms with Gasteiger partial charge in [0.1, 0.15) is 5.82 Å². The van der Waals surface area contributed by atoms with Gasteiger partial charge in [-0.1, -0.05) is 6.92 Å². The molecule has 1 N–H and O–H groups in total. The molecule has 1 aromatic rings. The van der Waals surface area contributed by atoms with Gasteiger partial charge < -0.3 is 15.0 Å². The largest absolute Gasteiger partial charge is 0.383 e. The van der Waals surface area contributed by atoms with E-state index in [1.807, 2.05) is 6.07 Å². The van der Waals surface area contributed by atoms with Crippen LogP contribution in [0, 0.1) is 5.82 Å². The van der Waals surface area contributed by atoms with Crippen LogP contribution in [-0.2, 0) is 4.74 Å². The highest BCUT2D eigenvalue weighted by Gasteiger charge is 2.19. The van der Waals surface area contributed by atoms with Crippen molar-refractivity contribution in [2.45, 2.75) is 46.2 Å². The SMILES string of the molecule is CCCNC(C)c1cc(F)ccc1N(CC)C(C)COC. The second-order valence-electron chi connectivity index (χ2n) is 5.47. The molecule has 21 heavy (non-hydrogen) atoms. The van der Waals surface area contributed by atoms with Gasteiger partial charge in [-0.05, 0) is 57.5 Å². The van der Waals surface area contributed by atoms with Gasteiger partial charge in [-0.2, -0.15) is 0 Å². The lowest BCUT2D eigenvalue weighted by Gasteiger charge is -2.33. The van der Waals surface area contributed by atoms with Crippen LogP contribution in [0.5, 0.6) is 0 Å². The van der Waals surface area contributed by atoms with E-state index in [1.54, 1.807) is 13.2 Å². The van der Waals surface area contributed by atoms with Crippen molar-refractivity contribution in [3.05, 3.63) is 29.6 Å². The number of halogens is 1. The molecule has 0 aromatic heterocycles. The maximum atomic E-state index is 13.7. The summed E-state index contributed by atoms with van der Waals surface area (Å²) in [5, 5.41) is 3.44. The lowest BCUT2D eigenvalue weighted by molar-refractivity contribution is 0.182. The summed E-state index contributed by atoms with van der Waals surface area (Å²) >= 11 is 0. The van der Waals surface area contributed by atoms with Crippen LogP contribution in [0.4, 0.5) is 10.1 Å². The van der Waals surface area contributed by atoms with Crippen LogP contribution >= 0.6 is 0 Å². The Morgan fingerprint density at radius 2 is 2.00 bits per heavy atom. The van der Waals surface area contributed by atoms with Crippen LogP contribution in [0.25, 0.3) is 0 Å². The summed E-state index contributed by atoms with van der Waals surface area (Å²) in [6.45, 7) is 10.9. The molecule has 0 saturated carbocycles. The highest BCUT2D eigenvalue weighted by Crippen LogP contribution is 2.29.